The van der Waals surface area contributed by atoms with Gasteiger partial charge in [-0.25, -0.2) is 4.39 Å². The van der Waals surface area contributed by atoms with Crippen LogP contribution in [0.5, 0.6) is 0 Å². The molecule has 0 N–H and O–H groups in total. The van der Waals surface area contributed by atoms with E-state index in [2.05, 4.69) is 26.9 Å². The first-order valence-corrected chi connectivity index (χ1v) is 11.8. The van der Waals surface area contributed by atoms with Crippen molar-refractivity contribution in [1.29, 1.82) is 0 Å². The van der Waals surface area contributed by atoms with Crippen LogP contribution in [0.15, 0.2) is 71.1 Å². The quantitative estimate of drug-likeness (QED) is 0.319. The number of nitrogens with zero attached hydrogens (tertiary/aromatic N) is 4. The average molecular weight is 497 g/mol. The van der Waals surface area contributed by atoms with Crippen molar-refractivity contribution < 1.29 is 8.81 Å². The molecule has 5 nitrogen and oxygen atoms in total. The molecule has 4 aromatic rings. The molecule has 1 aliphatic rings. The van der Waals surface area contributed by atoms with Gasteiger partial charge in [-0.1, -0.05) is 53.5 Å². The summed E-state index contributed by atoms with van der Waals surface area (Å²) in [6.45, 7) is 5.12. The van der Waals surface area contributed by atoms with Crippen molar-refractivity contribution in [2.45, 2.75) is 13.0 Å². The molecule has 0 unspecified atom stereocenters. The monoisotopic (exact) mass is 496 g/mol. The maximum absolute atomic E-state index is 13.8. The standard InChI is InChI=1S/C26H23Cl2FN4O/c1-17-7-8-19(27)15-23(17)32-11-13-33(14-12-32)24(21-10-9-20(29)16-22(21)28)26-31-30-25(34-26)18-5-3-2-4-6-18/h2-10,15-16,24H,11-14H2,1H3/t24-/m0/s1. The molecule has 1 fully saturated rings. The lowest BCUT2D eigenvalue weighted by atomic mass is 10.0. The largest absolute Gasteiger partial charge is 0.419 e. The highest BCUT2D eigenvalue weighted by atomic mass is 35.5. The van der Waals surface area contributed by atoms with Gasteiger partial charge in [0.2, 0.25) is 11.8 Å². The van der Waals surface area contributed by atoms with E-state index in [0.717, 1.165) is 48.0 Å². The molecule has 1 aromatic heterocycles. The molecule has 1 atom stereocenters. The van der Waals surface area contributed by atoms with E-state index in [1.165, 1.54) is 17.7 Å². The lowest BCUT2D eigenvalue weighted by Gasteiger charge is -2.40. The molecular formula is C26H23Cl2FN4O. The van der Waals surface area contributed by atoms with E-state index in [1.807, 2.05) is 48.5 Å². The highest BCUT2D eigenvalue weighted by Gasteiger charge is 2.32. The molecule has 34 heavy (non-hydrogen) atoms. The molecule has 174 valence electrons. The van der Waals surface area contributed by atoms with Gasteiger partial charge in [-0.15, -0.1) is 10.2 Å². The van der Waals surface area contributed by atoms with Crippen molar-refractivity contribution in [3.05, 3.63) is 99.6 Å². The number of piperazine rings is 1. The summed E-state index contributed by atoms with van der Waals surface area (Å²) in [5.74, 6) is 0.482. The fraction of sp³-hybridized carbons (Fsp3) is 0.231. The van der Waals surface area contributed by atoms with Crippen molar-refractivity contribution in [2.24, 2.45) is 0 Å². The van der Waals surface area contributed by atoms with Crippen LogP contribution in [-0.2, 0) is 0 Å². The molecule has 8 heteroatoms. The van der Waals surface area contributed by atoms with Crippen LogP contribution in [0.3, 0.4) is 0 Å². The van der Waals surface area contributed by atoms with Crippen LogP contribution >= 0.6 is 23.2 Å². The van der Waals surface area contributed by atoms with Gasteiger partial charge in [-0.2, -0.15) is 0 Å². The molecule has 0 bridgehead atoms. The van der Waals surface area contributed by atoms with Gasteiger partial charge in [-0.05, 0) is 54.4 Å². The second-order valence-electron chi connectivity index (χ2n) is 8.33. The summed E-state index contributed by atoms with van der Waals surface area (Å²) in [4.78, 5) is 4.57. The fourth-order valence-electron chi connectivity index (χ4n) is 4.40. The molecule has 1 aliphatic heterocycles. The summed E-state index contributed by atoms with van der Waals surface area (Å²) < 4.78 is 19.9. The minimum atomic E-state index is -0.388. The van der Waals surface area contributed by atoms with Crippen LogP contribution in [0.2, 0.25) is 10.0 Å². The molecule has 2 heterocycles. The lowest BCUT2D eigenvalue weighted by molar-refractivity contribution is 0.188. The average Bonchev–Trinajstić information content (AvgIpc) is 3.33. The van der Waals surface area contributed by atoms with Crippen LogP contribution in [0, 0.1) is 12.7 Å². The lowest BCUT2D eigenvalue weighted by Crippen LogP contribution is -2.48. The van der Waals surface area contributed by atoms with Crippen molar-refractivity contribution in [3.8, 4) is 11.5 Å². The zero-order valence-electron chi connectivity index (χ0n) is 18.6. The Morgan fingerprint density at radius 2 is 1.68 bits per heavy atom. The molecule has 0 radical (unpaired) electrons. The van der Waals surface area contributed by atoms with E-state index in [0.29, 0.717) is 16.8 Å². The summed E-state index contributed by atoms with van der Waals surface area (Å²) >= 11 is 12.7. The molecule has 5 rings (SSSR count). The van der Waals surface area contributed by atoms with Gasteiger partial charge >= 0.3 is 0 Å². The highest BCUT2D eigenvalue weighted by molar-refractivity contribution is 6.31. The van der Waals surface area contributed by atoms with E-state index in [4.69, 9.17) is 27.6 Å². The first-order valence-electron chi connectivity index (χ1n) is 11.1. The number of rotatable bonds is 5. The highest BCUT2D eigenvalue weighted by Crippen LogP contribution is 2.36. The van der Waals surface area contributed by atoms with E-state index in [-0.39, 0.29) is 11.9 Å². The summed E-state index contributed by atoms with van der Waals surface area (Å²) in [7, 11) is 0. The first kappa shape index (κ1) is 22.8. The molecule has 0 saturated carbocycles. The number of aromatic nitrogens is 2. The number of halogens is 3. The maximum atomic E-state index is 13.8. The van der Waals surface area contributed by atoms with Crippen LogP contribution in [0.1, 0.15) is 23.1 Å². The maximum Gasteiger partial charge on any atom is 0.247 e. The van der Waals surface area contributed by atoms with Gasteiger partial charge < -0.3 is 9.32 Å². The van der Waals surface area contributed by atoms with E-state index in [1.54, 1.807) is 6.07 Å². The molecular weight excluding hydrogens is 474 g/mol. The van der Waals surface area contributed by atoms with Crippen molar-refractivity contribution in [3.63, 3.8) is 0 Å². The molecule has 0 spiro atoms. The summed E-state index contributed by atoms with van der Waals surface area (Å²) in [6.07, 6.45) is 0. The van der Waals surface area contributed by atoms with E-state index < -0.39 is 0 Å². The van der Waals surface area contributed by atoms with Crippen molar-refractivity contribution in [1.82, 2.24) is 15.1 Å². The van der Waals surface area contributed by atoms with E-state index >= 15 is 0 Å². The van der Waals surface area contributed by atoms with Gasteiger partial charge in [0.15, 0.2) is 0 Å². The molecule has 0 amide bonds. The molecule has 1 saturated heterocycles. The Bertz CT molecular complexity index is 1290. The Labute approximate surface area is 207 Å². The third-order valence-electron chi connectivity index (χ3n) is 6.14. The minimum absolute atomic E-state index is 0.331. The van der Waals surface area contributed by atoms with Crippen molar-refractivity contribution >= 4 is 28.9 Å². The SMILES string of the molecule is Cc1ccc(Cl)cc1N1CCN([C@H](c2nnc(-c3ccccc3)o2)c2ccc(F)cc2Cl)CC1. The number of hydrogen-bond donors (Lipinski definition) is 0. The van der Waals surface area contributed by atoms with Crippen LogP contribution in [-0.4, -0.2) is 41.3 Å². The smallest absolute Gasteiger partial charge is 0.247 e. The molecule has 0 aliphatic carbocycles. The Kier molecular flexibility index (Phi) is 6.55. The Hall–Kier alpha value is -2.93. The molecule has 3 aromatic carbocycles. The zero-order chi connectivity index (χ0) is 23.7. The third-order valence-corrected chi connectivity index (χ3v) is 6.71. The van der Waals surface area contributed by atoms with Gasteiger partial charge in [0, 0.05) is 47.5 Å². The van der Waals surface area contributed by atoms with E-state index in [9.17, 15) is 4.39 Å². The van der Waals surface area contributed by atoms with Gasteiger partial charge in [-0.3, -0.25) is 4.90 Å². The Balaban J connectivity index is 1.45. The summed E-state index contributed by atoms with van der Waals surface area (Å²) in [6, 6.07) is 19.6. The predicted octanol–water partition coefficient (Wildman–Crippen LogP) is 6.40. The second kappa shape index (κ2) is 9.74. The number of hydrogen-bond acceptors (Lipinski definition) is 5. The zero-order valence-corrected chi connectivity index (χ0v) is 20.1. The number of benzene rings is 3. The second-order valence-corrected chi connectivity index (χ2v) is 9.18. The van der Waals surface area contributed by atoms with Gasteiger partial charge in [0.25, 0.3) is 0 Å². The predicted molar refractivity (Wildman–Crippen MR) is 133 cm³/mol. The summed E-state index contributed by atoms with van der Waals surface area (Å²) in [5, 5.41) is 9.69. The Morgan fingerprint density at radius 1 is 0.912 bits per heavy atom. The van der Waals surface area contributed by atoms with Crippen LogP contribution in [0.25, 0.3) is 11.5 Å². The van der Waals surface area contributed by atoms with Crippen LogP contribution in [0.4, 0.5) is 10.1 Å². The van der Waals surface area contributed by atoms with Crippen molar-refractivity contribution in [2.75, 3.05) is 31.1 Å². The van der Waals surface area contributed by atoms with Crippen LogP contribution < -0.4 is 4.90 Å². The third kappa shape index (κ3) is 4.67. The minimum Gasteiger partial charge on any atom is -0.419 e. The number of aryl methyl sites for hydroxylation is 1. The summed E-state index contributed by atoms with van der Waals surface area (Å²) in [5.41, 5.74) is 3.89. The van der Waals surface area contributed by atoms with Gasteiger partial charge in [0.1, 0.15) is 11.9 Å². The normalized spacial score (nSPS) is 15.5. The first-order chi connectivity index (χ1) is 16.5. The topological polar surface area (TPSA) is 45.4 Å². The fourth-order valence-corrected chi connectivity index (χ4v) is 4.83. The Morgan fingerprint density at radius 3 is 2.41 bits per heavy atom. The van der Waals surface area contributed by atoms with Gasteiger partial charge in [0.05, 0.1) is 0 Å². The number of anilines is 1.